The monoisotopic (exact) mass is 277 g/mol. The van der Waals surface area contributed by atoms with Gasteiger partial charge in [0.05, 0.1) is 7.11 Å². The fourth-order valence-corrected chi connectivity index (χ4v) is 1.69. The maximum absolute atomic E-state index is 11.6. The fraction of sp³-hybridized carbons (Fsp3) is 0.333. The summed E-state index contributed by atoms with van der Waals surface area (Å²) in [5, 5.41) is 2.57. The van der Waals surface area contributed by atoms with E-state index in [1.54, 1.807) is 18.2 Å². The molecule has 0 aromatic heterocycles. The summed E-state index contributed by atoms with van der Waals surface area (Å²) in [7, 11) is 1.30. The third-order valence-electron chi connectivity index (χ3n) is 2.59. The van der Waals surface area contributed by atoms with E-state index < -0.39 is 12.0 Å². The van der Waals surface area contributed by atoms with Gasteiger partial charge in [-0.05, 0) is 17.7 Å². The highest BCUT2D eigenvalue weighted by molar-refractivity contribution is 5.83. The van der Waals surface area contributed by atoms with Crippen LogP contribution in [0.4, 0.5) is 0 Å². The van der Waals surface area contributed by atoms with Gasteiger partial charge in [-0.25, -0.2) is 4.79 Å². The van der Waals surface area contributed by atoms with Crippen molar-refractivity contribution in [3.05, 3.63) is 42.5 Å². The van der Waals surface area contributed by atoms with E-state index in [2.05, 4.69) is 16.6 Å². The number of hydrogen-bond donors (Lipinski definition) is 1. The molecule has 0 bridgehead atoms. The van der Waals surface area contributed by atoms with Crippen molar-refractivity contribution in [3.8, 4) is 5.75 Å². The Bertz CT molecular complexity index is 467. The van der Waals surface area contributed by atoms with Crippen LogP contribution < -0.4 is 10.1 Å². The van der Waals surface area contributed by atoms with Crippen LogP contribution >= 0.6 is 0 Å². The van der Waals surface area contributed by atoms with Gasteiger partial charge in [-0.2, -0.15) is 0 Å². The van der Waals surface area contributed by atoms with Gasteiger partial charge < -0.3 is 14.8 Å². The lowest BCUT2D eigenvalue weighted by Gasteiger charge is -2.15. The minimum absolute atomic E-state index is 0.272. The van der Waals surface area contributed by atoms with E-state index in [1.165, 1.54) is 14.0 Å². The van der Waals surface area contributed by atoms with Crippen molar-refractivity contribution in [2.75, 3.05) is 13.7 Å². The molecule has 1 aromatic carbocycles. The zero-order valence-electron chi connectivity index (χ0n) is 11.7. The van der Waals surface area contributed by atoms with Crippen molar-refractivity contribution in [1.82, 2.24) is 5.32 Å². The Hall–Kier alpha value is -2.30. The van der Waals surface area contributed by atoms with Crippen LogP contribution in [0.25, 0.3) is 0 Å². The Balaban J connectivity index is 2.70. The maximum atomic E-state index is 11.6. The molecular weight excluding hydrogens is 258 g/mol. The van der Waals surface area contributed by atoms with E-state index in [9.17, 15) is 9.59 Å². The van der Waals surface area contributed by atoms with Crippen molar-refractivity contribution in [3.63, 3.8) is 0 Å². The van der Waals surface area contributed by atoms with Crippen LogP contribution in [0.5, 0.6) is 5.75 Å². The van der Waals surface area contributed by atoms with Gasteiger partial charge in [-0.1, -0.05) is 24.8 Å². The summed E-state index contributed by atoms with van der Waals surface area (Å²) >= 11 is 0. The second-order valence-electron chi connectivity index (χ2n) is 4.22. The molecule has 0 fully saturated rings. The molecule has 0 spiro atoms. The normalized spacial score (nSPS) is 11.3. The number of esters is 1. The van der Waals surface area contributed by atoms with Gasteiger partial charge in [0.2, 0.25) is 5.91 Å². The predicted molar refractivity (Wildman–Crippen MR) is 75.5 cm³/mol. The van der Waals surface area contributed by atoms with E-state index in [4.69, 9.17) is 4.74 Å². The molecule has 1 rings (SSSR count). The first-order valence-electron chi connectivity index (χ1n) is 6.24. The smallest absolute Gasteiger partial charge is 0.328 e. The lowest BCUT2D eigenvalue weighted by Crippen LogP contribution is -2.41. The summed E-state index contributed by atoms with van der Waals surface area (Å²) < 4.78 is 10.0. The summed E-state index contributed by atoms with van der Waals surface area (Å²) in [6, 6.07) is 6.62. The Morgan fingerprint density at radius 2 is 2.00 bits per heavy atom. The third-order valence-corrected chi connectivity index (χ3v) is 2.59. The summed E-state index contributed by atoms with van der Waals surface area (Å²) in [5.74, 6) is -0.0127. The quantitative estimate of drug-likeness (QED) is 0.605. The molecule has 1 unspecified atom stereocenters. The topological polar surface area (TPSA) is 64.6 Å². The van der Waals surface area contributed by atoms with Crippen LogP contribution in [-0.2, 0) is 20.7 Å². The average Bonchev–Trinajstić information content (AvgIpc) is 2.44. The molecule has 20 heavy (non-hydrogen) atoms. The second-order valence-corrected chi connectivity index (χ2v) is 4.22. The Kier molecular flexibility index (Phi) is 6.29. The van der Waals surface area contributed by atoms with E-state index in [0.717, 1.165) is 11.3 Å². The molecule has 0 aliphatic carbocycles. The van der Waals surface area contributed by atoms with Gasteiger partial charge in [0.15, 0.2) is 0 Å². The lowest BCUT2D eigenvalue weighted by molar-refractivity contribution is -0.144. The molecule has 1 amide bonds. The molecule has 0 saturated carbocycles. The van der Waals surface area contributed by atoms with Gasteiger partial charge in [0.1, 0.15) is 18.4 Å². The van der Waals surface area contributed by atoms with Crippen molar-refractivity contribution in [2.24, 2.45) is 0 Å². The second kappa shape index (κ2) is 7.99. The molecule has 5 nitrogen and oxygen atoms in total. The molecule has 5 heteroatoms. The zero-order valence-corrected chi connectivity index (χ0v) is 11.7. The van der Waals surface area contributed by atoms with E-state index in [0.29, 0.717) is 13.0 Å². The molecule has 0 aliphatic rings. The fourth-order valence-electron chi connectivity index (χ4n) is 1.69. The molecule has 1 aromatic rings. The highest BCUT2D eigenvalue weighted by atomic mass is 16.5. The molecule has 0 heterocycles. The Morgan fingerprint density at radius 1 is 1.35 bits per heavy atom. The van der Waals surface area contributed by atoms with Gasteiger partial charge in [-0.15, -0.1) is 0 Å². The molecule has 108 valence electrons. The largest absolute Gasteiger partial charge is 0.490 e. The minimum atomic E-state index is -0.683. The first-order chi connectivity index (χ1) is 9.56. The summed E-state index contributed by atoms with van der Waals surface area (Å²) in [5.41, 5.74) is 0.903. The van der Waals surface area contributed by atoms with Gasteiger partial charge in [0.25, 0.3) is 0 Å². The summed E-state index contributed by atoms with van der Waals surface area (Å²) in [6.45, 7) is 5.38. The predicted octanol–water partition coefficient (Wildman–Crippen LogP) is 1.47. The number of carbonyl (C=O) groups is 2. The minimum Gasteiger partial charge on any atom is -0.490 e. The Labute approximate surface area is 118 Å². The van der Waals surface area contributed by atoms with Crippen LogP contribution in [0, 0.1) is 0 Å². The van der Waals surface area contributed by atoms with Crippen LogP contribution in [0.1, 0.15) is 12.5 Å². The van der Waals surface area contributed by atoms with Crippen molar-refractivity contribution < 1.29 is 19.1 Å². The number of carbonyl (C=O) groups excluding carboxylic acids is 2. The van der Waals surface area contributed by atoms with Crippen LogP contribution in [0.3, 0.4) is 0 Å². The SMILES string of the molecule is C=CCOc1ccc(CC(NC(C)=O)C(=O)OC)cc1. The number of methoxy groups -OCH3 is 1. The average molecular weight is 277 g/mol. The number of benzene rings is 1. The number of hydrogen-bond acceptors (Lipinski definition) is 4. The molecular formula is C15H19NO4. The van der Waals surface area contributed by atoms with E-state index in [1.807, 2.05) is 12.1 Å². The van der Waals surface area contributed by atoms with Gasteiger partial charge in [0, 0.05) is 13.3 Å². The molecule has 1 atom stereocenters. The van der Waals surface area contributed by atoms with Gasteiger partial charge >= 0.3 is 5.97 Å². The van der Waals surface area contributed by atoms with Crippen molar-refractivity contribution in [2.45, 2.75) is 19.4 Å². The van der Waals surface area contributed by atoms with E-state index in [-0.39, 0.29) is 5.91 Å². The van der Waals surface area contributed by atoms with Gasteiger partial charge in [-0.3, -0.25) is 4.79 Å². The molecule has 0 aliphatic heterocycles. The standard InChI is InChI=1S/C15H19NO4/c1-4-9-20-13-7-5-12(6-8-13)10-14(15(18)19-3)16-11(2)17/h4-8,14H,1,9-10H2,2-3H3,(H,16,17). The van der Waals surface area contributed by atoms with Crippen molar-refractivity contribution >= 4 is 11.9 Å². The van der Waals surface area contributed by atoms with Crippen LogP contribution in [0.2, 0.25) is 0 Å². The number of ether oxygens (including phenoxy) is 2. The number of rotatable bonds is 7. The number of amides is 1. The maximum Gasteiger partial charge on any atom is 0.328 e. The van der Waals surface area contributed by atoms with Crippen LogP contribution in [-0.4, -0.2) is 31.6 Å². The first kappa shape index (κ1) is 15.8. The molecule has 1 N–H and O–H groups in total. The Morgan fingerprint density at radius 3 is 2.50 bits per heavy atom. The van der Waals surface area contributed by atoms with Crippen LogP contribution in [0.15, 0.2) is 36.9 Å². The first-order valence-corrected chi connectivity index (χ1v) is 6.24. The van der Waals surface area contributed by atoms with Crippen molar-refractivity contribution in [1.29, 1.82) is 0 Å². The number of nitrogens with one attached hydrogen (secondary N) is 1. The third kappa shape index (κ3) is 5.14. The molecule has 0 saturated heterocycles. The summed E-state index contributed by atoms with van der Waals surface area (Å²) in [6.07, 6.45) is 2.03. The highest BCUT2D eigenvalue weighted by Crippen LogP contribution is 2.14. The highest BCUT2D eigenvalue weighted by Gasteiger charge is 2.20. The van der Waals surface area contributed by atoms with E-state index >= 15 is 0 Å². The zero-order chi connectivity index (χ0) is 15.0. The lowest BCUT2D eigenvalue weighted by atomic mass is 10.1. The summed E-state index contributed by atoms with van der Waals surface area (Å²) in [4.78, 5) is 22.7. The molecule has 0 radical (unpaired) electrons.